The largest absolute Gasteiger partial charge is 0.339 e. The Morgan fingerprint density at radius 1 is 1.30 bits per heavy atom. The van der Waals surface area contributed by atoms with Crippen LogP contribution in [0.2, 0.25) is 0 Å². The molecule has 1 fully saturated rings. The fourth-order valence-corrected chi connectivity index (χ4v) is 2.49. The van der Waals surface area contributed by atoms with E-state index in [1.54, 1.807) is 19.1 Å². The lowest BCUT2D eigenvalue weighted by Gasteiger charge is -2.16. The van der Waals surface area contributed by atoms with Crippen molar-refractivity contribution >= 4 is 5.78 Å². The van der Waals surface area contributed by atoms with E-state index in [9.17, 15) is 9.18 Å². The molecule has 1 aliphatic carbocycles. The van der Waals surface area contributed by atoms with Crippen LogP contribution in [0.5, 0.6) is 0 Å². The summed E-state index contributed by atoms with van der Waals surface area (Å²) in [5.74, 6) is 1.27. The van der Waals surface area contributed by atoms with Gasteiger partial charge in [0.1, 0.15) is 11.6 Å². The Balaban J connectivity index is 1.82. The summed E-state index contributed by atoms with van der Waals surface area (Å²) in [6.07, 6.45) is 2.70. The molecule has 0 aliphatic heterocycles. The van der Waals surface area contributed by atoms with Crippen LogP contribution in [0.15, 0.2) is 22.7 Å². The van der Waals surface area contributed by atoms with Crippen LogP contribution in [0.4, 0.5) is 4.39 Å². The highest BCUT2D eigenvalue weighted by Crippen LogP contribution is 2.31. The van der Waals surface area contributed by atoms with E-state index in [0.717, 1.165) is 18.4 Å². The van der Waals surface area contributed by atoms with E-state index in [4.69, 9.17) is 4.52 Å². The summed E-state index contributed by atoms with van der Waals surface area (Å²) in [6, 6.07) is 4.75. The van der Waals surface area contributed by atoms with Gasteiger partial charge < -0.3 is 4.52 Å². The first-order chi connectivity index (χ1) is 9.63. The minimum atomic E-state index is -0.247. The number of Topliss-reactive ketones (excluding diaryl/α,β-unsaturated/α-hetero) is 1. The summed E-state index contributed by atoms with van der Waals surface area (Å²) in [5, 5.41) is 3.96. The molecule has 0 saturated heterocycles. The zero-order valence-electron chi connectivity index (χ0n) is 11.2. The van der Waals surface area contributed by atoms with Gasteiger partial charge >= 0.3 is 0 Å². The maximum atomic E-state index is 13.3. The minimum Gasteiger partial charge on any atom is -0.339 e. The van der Waals surface area contributed by atoms with Gasteiger partial charge in [-0.15, -0.1) is 0 Å². The molecule has 0 radical (unpaired) electrons. The first-order valence-electron chi connectivity index (χ1n) is 6.75. The van der Waals surface area contributed by atoms with Crippen LogP contribution >= 0.6 is 0 Å². The second-order valence-corrected chi connectivity index (χ2v) is 5.23. The van der Waals surface area contributed by atoms with E-state index in [-0.39, 0.29) is 11.7 Å². The topological polar surface area (TPSA) is 56.0 Å². The minimum absolute atomic E-state index is 0.162. The van der Waals surface area contributed by atoms with Crippen molar-refractivity contribution in [2.45, 2.75) is 38.5 Å². The number of benzene rings is 1. The number of aromatic nitrogens is 2. The zero-order chi connectivity index (χ0) is 14.1. The van der Waals surface area contributed by atoms with Gasteiger partial charge in [-0.1, -0.05) is 5.16 Å². The number of hydrogen-bond donors (Lipinski definition) is 0. The number of nitrogens with zero attached hydrogens (tertiary/aromatic N) is 2. The second kappa shape index (κ2) is 5.15. The van der Waals surface area contributed by atoms with Gasteiger partial charge in [0.25, 0.3) is 0 Å². The molecular weight excluding hydrogens is 259 g/mol. The van der Waals surface area contributed by atoms with Gasteiger partial charge in [-0.05, 0) is 43.5 Å². The van der Waals surface area contributed by atoms with Crippen LogP contribution in [0.3, 0.4) is 0 Å². The predicted octanol–water partition coefficient (Wildman–Crippen LogP) is 3.41. The van der Waals surface area contributed by atoms with Gasteiger partial charge in [-0.3, -0.25) is 4.79 Å². The van der Waals surface area contributed by atoms with Crippen molar-refractivity contribution in [3.63, 3.8) is 0 Å². The molecule has 20 heavy (non-hydrogen) atoms. The number of rotatable bonds is 2. The summed E-state index contributed by atoms with van der Waals surface area (Å²) in [4.78, 5) is 15.6. The number of carbonyl (C=O) groups is 1. The van der Waals surface area contributed by atoms with Gasteiger partial charge in [-0.2, -0.15) is 4.98 Å². The van der Waals surface area contributed by atoms with Gasteiger partial charge in [0, 0.05) is 24.3 Å². The van der Waals surface area contributed by atoms with Crippen molar-refractivity contribution in [3.05, 3.63) is 35.5 Å². The van der Waals surface area contributed by atoms with Gasteiger partial charge in [0.05, 0.1) is 0 Å². The van der Waals surface area contributed by atoms with Crippen molar-refractivity contribution in [3.8, 4) is 11.4 Å². The molecule has 5 heteroatoms. The van der Waals surface area contributed by atoms with Crippen molar-refractivity contribution in [2.24, 2.45) is 0 Å². The lowest BCUT2D eigenvalue weighted by atomic mass is 9.88. The molecule has 104 valence electrons. The van der Waals surface area contributed by atoms with Crippen LogP contribution in [0.1, 0.15) is 43.1 Å². The summed E-state index contributed by atoms with van der Waals surface area (Å²) >= 11 is 0. The van der Waals surface area contributed by atoms with Crippen LogP contribution < -0.4 is 0 Å². The standard InChI is InChI=1S/C15H15FN2O2/c1-9-8-11(4-7-13(9)16)14-17-15(20-18-14)10-2-5-12(19)6-3-10/h4,7-8,10H,2-3,5-6H2,1H3. The highest BCUT2D eigenvalue weighted by atomic mass is 19.1. The van der Waals surface area contributed by atoms with Gasteiger partial charge in [0.2, 0.25) is 11.7 Å². The van der Waals surface area contributed by atoms with Crippen LogP contribution in [0, 0.1) is 12.7 Å². The Morgan fingerprint density at radius 3 is 2.75 bits per heavy atom. The first-order valence-corrected chi connectivity index (χ1v) is 6.75. The number of ketones is 1. The molecule has 1 saturated carbocycles. The molecular formula is C15H15FN2O2. The predicted molar refractivity (Wildman–Crippen MR) is 70.6 cm³/mol. The summed E-state index contributed by atoms with van der Waals surface area (Å²) in [5.41, 5.74) is 1.29. The molecule has 4 nitrogen and oxygen atoms in total. The third kappa shape index (κ3) is 2.48. The molecule has 1 aromatic carbocycles. The van der Waals surface area contributed by atoms with Crippen molar-refractivity contribution < 1.29 is 13.7 Å². The molecule has 0 N–H and O–H groups in total. The smallest absolute Gasteiger partial charge is 0.230 e. The molecule has 2 aromatic rings. The van der Waals surface area contributed by atoms with Crippen molar-refractivity contribution in [1.29, 1.82) is 0 Å². The highest BCUT2D eigenvalue weighted by Gasteiger charge is 2.25. The molecule has 0 unspecified atom stereocenters. The Morgan fingerprint density at radius 2 is 2.05 bits per heavy atom. The van der Waals surface area contributed by atoms with E-state index in [1.807, 2.05) is 0 Å². The first kappa shape index (κ1) is 13.0. The SMILES string of the molecule is Cc1cc(-c2noc(C3CCC(=O)CC3)n2)ccc1F. The van der Waals surface area contributed by atoms with Gasteiger partial charge in [0.15, 0.2) is 0 Å². The summed E-state index contributed by atoms with van der Waals surface area (Å²) < 4.78 is 18.5. The monoisotopic (exact) mass is 274 g/mol. The van der Waals surface area contributed by atoms with Crippen LogP contribution in [-0.4, -0.2) is 15.9 Å². The van der Waals surface area contributed by atoms with Crippen LogP contribution in [0.25, 0.3) is 11.4 Å². The summed E-state index contributed by atoms with van der Waals surface area (Å²) in [6.45, 7) is 1.70. The number of halogens is 1. The third-order valence-corrected chi connectivity index (χ3v) is 3.75. The Labute approximate surface area is 116 Å². The quantitative estimate of drug-likeness (QED) is 0.842. The van der Waals surface area contributed by atoms with Crippen molar-refractivity contribution in [1.82, 2.24) is 10.1 Å². The average molecular weight is 274 g/mol. The fourth-order valence-electron chi connectivity index (χ4n) is 2.49. The van der Waals surface area contributed by atoms with E-state index >= 15 is 0 Å². The normalized spacial score (nSPS) is 16.6. The van der Waals surface area contributed by atoms with Gasteiger partial charge in [-0.25, -0.2) is 4.39 Å². The molecule has 1 aromatic heterocycles. The summed E-state index contributed by atoms with van der Waals surface area (Å²) in [7, 11) is 0. The molecule has 3 rings (SSSR count). The Bertz CT molecular complexity index is 641. The average Bonchev–Trinajstić information content (AvgIpc) is 2.92. The highest BCUT2D eigenvalue weighted by molar-refractivity contribution is 5.79. The van der Waals surface area contributed by atoms with Crippen molar-refractivity contribution in [2.75, 3.05) is 0 Å². The lowest BCUT2D eigenvalue weighted by molar-refractivity contribution is -0.120. The molecule has 0 bridgehead atoms. The van der Waals surface area contributed by atoms with Crippen LogP contribution in [-0.2, 0) is 4.79 Å². The Hall–Kier alpha value is -2.04. The second-order valence-electron chi connectivity index (χ2n) is 5.23. The zero-order valence-corrected chi connectivity index (χ0v) is 11.2. The molecule has 1 aliphatic rings. The van der Waals surface area contributed by atoms with E-state index in [1.165, 1.54) is 6.07 Å². The van der Waals surface area contributed by atoms with E-state index in [2.05, 4.69) is 10.1 Å². The number of aryl methyl sites for hydroxylation is 1. The molecule has 0 spiro atoms. The lowest BCUT2D eigenvalue weighted by Crippen LogP contribution is -2.12. The third-order valence-electron chi connectivity index (χ3n) is 3.75. The maximum Gasteiger partial charge on any atom is 0.230 e. The molecule has 1 heterocycles. The molecule has 0 atom stereocenters. The van der Waals surface area contributed by atoms with E-state index < -0.39 is 0 Å². The number of hydrogen-bond acceptors (Lipinski definition) is 4. The van der Waals surface area contributed by atoms with E-state index in [0.29, 0.717) is 35.9 Å². The number of carbonyl (C=O) groups excluding carboxylic acids is 1. The fraction of sp³-hybridized carbons (Fsp3) is 0.400. The Kier molecular flexibility index (Phi) is 3.34. The molecule has 0 amide bonds. The maximum absolute atomic E-state index is 13.3.